The van der Waals surface area contributed by atoms with Crippen molar-refractivity contribution in [3.63, 3.8) is 0 Å². The number of hydrogen-bond donors (Lipinski definition) is 1. The van der Waals surface area contributed by atoms with Crippen molar-refractivity contribution < 1.29 is 4.39 Å². The van der Waals surface area contributed by atoms with Gasteiger partial charge >= 0.3 is 0 Å². The Morgan fingerprint density at radius 3 is 2.84 bits per heavy atom. The summed E-state index contributed by atoms with van der Waals surface area (Å²) in [5.74, 6) is -0.166. The Bertz CT molecular complexity index is 590. The maximum atomic E-state index is 13.8. The number of aromatic nitrogens is 2. The van der Waals surface area contributed by atoms with Gasteiger partial charge in [0.2, 0.25) is 5.95 Å². The molecule has 0 saturated heterocycles. The summed E-state index contributed by atoms with van der Waals surface area (Å²) in [6.07, 6.45) is 2.05. The highest BCUT2D eigenvalue weighted by molar-refractivity contribution is 6.35. The van der Waals surface area contributed by atoms with E-state index >= 15 is 0 Å². The molecule has 0 spiro atoms. The zero-order valence-electron chi connectivity index (χ0n) is 10.3. The Morgan fingerprint density at radius 1 is 1.32 bits per heavy atom. The molecule has 2 rings (SSSR count). The molecule has 100 valence electrons. The van der Waals surface area contributed by atoms with Gasteiger partial charge in [-0.1, -0.05) is 30.1 Å². The third-order valence-corrected chi connectivity index (χ3v) is 3.03. The predicted molar refractivity (Wildman–Crippen MR) is 76.2 cm³/mol. The van der Waals surface area contributed by atoms with Crippen LogP contribution >= 0.6 is 23.2 Å². The summed E-state index contributed by atoms with van der Waals surface area (Å²) in [5, 5.41) is 3.87. The normalized spacial score (nSPS) is 10.5. The van der Waals surface area contributed by atoms with E-state index in [9.17, 15) is 4.39 Å². The van der Waals surface area contributed by atoms with Crippen molar-refractivity contribution in [1.29, 1.82) is 0 Å². The summed E-state index contributed by atoms with van der Waals surface area (Å²) >= 11 is 12.0. The predicted octanol–water partition coefficient (Wildman–Crippen LogP) is 4.41. The van der Waals surface area contributed by atoms with Crippen molar-refractivity contribution in [2.45, 2.75) is 13.3 Å². The monoisotopic (exact) mass is 299 g/mol. The Morgan fingerprint density at radius 2 is 2.11 bits per heavy atom. The van der Waals surface area contributed by atoms with E-state index in [-0.39, 0.29) is 5.69 Å². The van der Waals surface area contributed by atoms with Gasteiger partial charge in [-0.15, -0.1) is 0 Å². The molecule has 1 heterocycles. The number of hydrogen-bond acceptors (Lipinski definition) is 3. The standard InChI is InChI=1S/C13H12Cl2FN3/c1-2-5-17-13-18-7-11(16)12(19-13)9-6-8(14)3-4-10(9)15/h3-4,6-7H,2,5H2,1H3,(H,17,18,19). The lowest BCUT2D eigenvalue weighted by molar-refractivity contribution is 0.618. The molecule has 0 fully saturated rings. The van der Waals surface area contributed by atoms with Crippen molar-refractivity contribution in [3.8, 4) is 11.3 Å². The van der Waals surface area contributed by atoms with Crippen LogP contribution < -0.4 is 5.32 Å². The fourth-order valence-corrected chi connectivity index (χ4v) is 1.94. The zero-order valence-corrected chi connectivity index (χ0v) is 11.8. The third-order valence-electron chi connectivity index (χ3n) is 2.46. The Labute approximate surface area is 120 Å². The highest BCUT2D eigenvalue weighted by atomic mass is 35.5. The number of nitrogens with zero attached hydrogens (tertiary/aromatic N) is 2. The second-order valence-corrected chi connectivity index (χ2v) is 4.78. The summed E-state index contributed by atoms with van der Waals surface area (Å²) in [5.41, 5.74) is 0.592. The topological polar surface area (TPSA) is 37.8 Å². The van der Waals surface area contributed by atoms with Gasteiger partial charge in [-0.25, -0.2) is 14.4 Å². The molecule has 0 radical (unpaired) electrons. The summed E-state index contributed by atoms with van der Waals surface area (Å²) in [4.78, 5) is 8.02. The van der Waals surface area contributed by atoms with Crippen molar-refractivity contribution in [2.24, 2.45) is 0 Å². The van der Waals surface area contributed by atoms with Crippen molar-refractivity contribution in [1.82, 2.24) is 9.97 Å². The van der Waals surface area contributed by atoms with Crippen LogP contribution in [-0.2, 0) is 0 Å². The van der Waals surface area contributed by atoms with Gasteiger partial charge in [0.1, 0.15) is 5.69 Å². The minimum atomic E-state index is -0.536. The SMILES string of the molecule is CCCNc1ncc(F)c(-c2cc(Cl)ccc2Cl)n1. The molecular weight excluding hydrogens is 288 g/mol. The molecule has 3 nitrogen and oxygen atoms in total. The van der Waals surface area contributed by atoms with E-state index in [1.54, 1.807) is 18.2 Å². The third kappa shape index (κ3) is 3.33. The van der Waals surface area contributed by atoms with Crippen LogP contribution in [0.2, 0.25) is 10.0 Å². The molecule has 1 aromatic heterocycles. The molecule has 0 aliphatic rings. The van der Waals surface area contributed by atoms with Gasteiger partial charge < -0.3 is 5.32 Å². The van der Waals surface area contributed by atoms with Crippen molar-refractivity contribution >= 4 is 29.2 Å². The molecule has 0 atom stereocenters. The molecule has 6 heteroatoms. The van der Waals surface area contributed by atoms with Gasteiger partial charge in [-0.2, -0.15) is 0 Å². The van der Waals surface area contributed by atoms with Crippen LogP contribution in [0.25, 0.3) is 11.3 Å². The molecule has 19 heavy (non-hydrogen) atoms. The van der Waals surface area contributed by atoms with Crippen LogP contribution in [0.3, 0.4) is 0 Å². The van der Waals surface area contributed by atoms with Gasteiger partial charge in [0, 0.05) is 17.1 Å². The van der Waals surface area contributed by atoms with E-state index in [0.29, 0.717) is 28.1 Å². The molecule has 0 saturated carbocycles. The van der Waals surface area contributed by atoms with E-state index in [1.807, 2.05) is 6.92 Å². The fraction of sp³-hybridized carbons (Fsp3) is 0.231. The average molecular weight is 300 g/mol. The van der Waals surface area contributed by atoms with Crippen LogP contribution in [0, 0.1) is 5.82 Å². The molecule has 0 aliphatic heterocycles. The largest absolute Gasteiger partial charge is 0.354 e. The number of benzene rings is 1. The lowest BCUT2D eigenvalue weighted by Crippen LogP contribution is -2.05. The Kier molecular flexibility index (Phi) is 4.56. The second-order valence-electron chi connectivity index (χ2n) is 3.94. The van der Waals surface area contributed by atoms with Crippen LogP contribution in [0.15, 0.2) is 24.4 Å². The lowest BCUT2D eigenvalue weighted by atomic mass is 10.1. The molecule has 1 N–H and O–H groups in total. The average Bonchev–Trinajstić information content (AvgIpc) is 2.41. The van der Waals surface area contributed by atoms with E-state index in [4.69, 9.17) is 23.2 Å². The summed E-state index contributed by atoms with van der Waals surface area (Å²) in [6.45, 7) is 2.74. The molecular formula is C13H12Cl2FN3. The van der Waals surface area contributed by atoms with Gasteiger partial charge in [0.25, 0.3) is 0 Å². The van der Waals surface area contributed by atoms with Gasteiger partial charge in [0.05, 0.1) is 11.2 Å². The van der Waals surface area contributed by atoms with E-state index < -0.39 is 5.82 Å². The van der Waals surface area contributed by atoms with E-state index in [1.165, 1.54) is 0 Å². The Hall–Kier alpha value is -1.39. The fourth-order valence-electron chi connectivity index (χ4n) is 1.56. The van der Waals surface area contributed by atoms with Gasteiger partial charge in [-0.05, 0) is 24.6 Å². The molecule has 0 aliphatic carbocycles. The minimum absolute atomic E-state index is 0.140. The first-order valence-electron chi connectivity index (χ1n) is 5.83. The summed E-state index contributed by atoms with van der Waals surface area (Å²) < 4.78 is 13.8. The van der Waals surface area contributed by atoms with Crippen LogP contribution in [-0.4, -0.2) is 16.5 Å². The zero-order chi connectivity index (χ0) is 13.8. The minimum Gasteiger partial charge on any atom is -0.354 e. The molecule has 0 unspecified atom stereocenters. The molecule has 1 aromatic carbocycles. The van der Waals surface area contributed by atoms with Crippen molar-refractivity contribution in [2.75, 3.05) is 11.9 Å². The number of anilines is 1. The maximum Gasteiger partial charge on any atom is 0.223 e. The highest BCUT2D eigenvalue weighted by Gasteiger charge is 2.13. The molecule has 0 bridgehead atoms. The smallest absolute Gasteiger partial charge is 0.223 e. The van der Waals surface area contributed by atoms with Crippen LogP contribution in [0.4, 0.5) is 10.3 Å². The first-order valence-corrected chi connectivity index (χ1v) is 6.59. The highest BCUT2D eigenvalue weighted by Crippen LogP contribution is 2.31. The Balaban J connectivity index is 2.45. The van der Waals surface area contributed by atoms with Gasteiger partial charge in [-0.3, -0.25) is 0 Å². The number of rotatable bonds is 4. The molecule has 2 aromatic rings. The first-order chi connectivity index (χ1) is 9.11. The molecule has 0 amide bonds. The number of halogens is 3. The summed E-state index contributed by atoms with van der Waals surface area (Å²) in [6, 6.07) is 4.83. The lowest BCUT2D eigenvalue weighted by Gasteiger charge is -2.08. The van der Waals surface area contributed by atoms with Gasteiger partial charge in [0.15, 0.2) is 5.82 Å². The quantitative estimate of drug-likeness (QED) is 0.908. The van der Waals surface area contributed by atoms with Crippen LogP contribution in [0.5, 0.6) is 0 Å². The number of nitrogens with one attached hydrogen (secondary N) is 1. The first kappa shape index (κ1) is 14.0. The second kappa shape index (κ2) is 6.17. The summed E-state index contributed by atoms with van der Waals surface area (Å²) in [7, 11) is 0. The van der Waals surface area contributed by atoms with Crippen LogP contribution in [0.1, 0.15) is 13.3 Å². The maximum absolute atomic E-state index is 13.8. The van der Waals surface area contributed by atoms with E-state index in [0.717, 1.165) is 12.6 Å². The van der Waals surface area contributed by atoms with Crippen molar-refractivity contribution in [3.05, 3.63) is 40.3 Å². The van der Waals surface area contributed by atoms with E-state index in [2.05, 4.69) is 15.3 Å².